The van der Waals surface area contributed by atoms with E-state index in [2.05, 4.69) is 15.4 Å². The molecule has 2 aromatic rings. The van der Waals surface area contributed by atoms with Crippen LogP contribution in [0.3, 0.4) is 0 Å². The second-order valence-electron chi connectivity index (χ2n) is 6.80. The maximum absolute atomic E-state index is 12.4. The molecule has 7 heteroatoms. The largest absolute Gasteiger partial charge is 0.508 e. The van der Waals surface area contributed by atoms with Crippen LogP contribution in [0.4, 0.5) is 0 Å². The first kappa shape index (κ1) is 18.9. The Morgan fingerprint density at radius 3 is 2.41 bits per heavy atom. The Kier molecular flexibility index (Phi) is 5.43. The molecule has 1 aliphatic rings. The molecule has 4 N–H and O–H groups in total. The molecule has 1 amide bonds. The highest BCUT2D eigenvalue weighted by Crippen LogP contribution is 2.27. The summed E-state index contributed by atoms with van der Waals surface area (Å²) in [7, 11) is 1.99. The minimum atomic E-state index is -1.15. The molecular weight excluding hydrogens is 346 g/mol. The number of piperidine rings is 1. The van der Waals surface area contributed by atoms with Gasteiger partial charge in [-0.15, -0.1) is 0 Å². The first-order valence-corrected chi connectivity index (χ1v) is 8.76. The van der Waals surface area contributed by atoms with Crippen LogP contribution in [0, 0.1) is 0 Å². The van der Waals surface area contributed by atoms with Crippen LogP contribution in [0.15, 0.2) is 53.6 Å². The van der Waals surface area contributed by atoms with Crippen molar-refractivity contribution in [1.82, 2.24) is 10.3 Å². The van der Waals surface area contributed by atoms with Crippen molar-refractivity contribution in [2.24, 2.45) is 5.10 Å². The lowest BCUT2D eigenvalue weighted by Crippen LogP contribution is -2.49. The predicted molar refractivity (Wildman–Crippen MR) is 102 cm³/mol. The van der Waals surface area contributed by atoms with Gasteiger partial charge in [-0.2, -0.15) is 5.10 Å². The first-order chi connectivity index (χ1) is 12.9. The molecule has 0 atom stereocenters. The van der Waals surface area contributed by atoms with Crippen molar-refractivity contribution < 1.29 is 20.1 Å². The Bertz CT molecular complexity index is 844. The highest BCUT2D eigenvalue weighted by molar-refractivity contribution is 6.07. The van der Waals surface area contributed by atoms with Crippen LogP contribution in [0.25, 0.3) is 0 Å². The van der Waals surface area contributed by atoms with Crippen LogP contribution >= 0.6 is 0 Å². The van der Waals surface area contributed by atoms with Crippen molar-refractivity contribution in [3.05, 3.63) is 59.7 Å². The number of benzene rings is 2. The lowest BCUT2D eigenvalue weighted by molar-refractivity contribution is 0.0437. The van der Waals surface area contributed by atoms with Gasteiger partial charge in [0.25, 0.3) is 5.91 Å². The van der Waals surface area contributed by atoms with Gasteiger partial charge in [-0.05, 0) is 32.0 Å². The van der Waals surface area contributed by atoms with Gasteiger partial charge in [-0.25, -0.2) is 5.43 Å². The normalized spacial score (nSPS) is 17.5. The fourth-order valence-electron chi connectivity index (χ4n) is 3.14. The van der Waals surface area contributed by atoms with Crippen LogP contribution in [0.1, 0.15) is 28.8 Å². The standard InChI is InChI=1S/C20H23N3O4/c1-23-11-9-20(27,10-12-23)18(14-5-3-2-4-6-14)21-22-19(26)16-8-7-15(24)13-17(16)25/h2-8,13,24-25,27H,9-12H2,1H3,(H,22,26)/b21-18-. The van der Waals surface area contributed by atoms with E-state index in [4.69, 9.17) is 0 Å². The van der Waals surface area contributed by atoms with Crippen molar-refractivity contribution in [2.45, 2.75) is 18.4 Å². The van der Waals surface area contributed by atoms with E-state index in [1.807, 2.05) is 37.4 Å². The number of rotatable bonds is 4. The molecule has 0 saturated carbocycles. The minimum absolute atomic E-state index is 0.0145. The minimum Gasteiger partial charge on any atom is -0.508 e. The van der Waals surface area contributed by atoms with Gasteiger partial charge < -0.3 is 20.2 Å². The molecule has 1 fully saturated rings. The van der Waals surface area contributed by atoms with Crippen LogP contribution in [-0.4, -0.2) is 57.6 Å². The van der Waals surface area contributed by atoms with Crippen molar-refractivity contribution in [1.29, 1.82) is 0 Å². The molecule has 1 saturated heterocycles. The van der Waals surface area contributed by atoms with Gasteiger partial charge in [0.05, 0.1) is 11.3 Å². The highest BCUT2D eigenvalue weighted by Gasteiger charge is 2.37. The van der Waals surface area contributed by atoms with Crippen LogP contribution in [-0.2, 0) is 0 Å². The maximum Gasteiger partial charge on any atom is 0.275 e. The van der Waals surface area contributed by atoms with Gasteiger partial charge in [-0.3, -0.25) is 4.79 Å². The van der Waals surface area contributed by atoms with Gasteiger partial charge in [0.1, 0.15) is 17.1 Å². The van der Waals surface area contributed by atoms with Gasteiger partial charge >= 0.3 is 0 Å². The Hall–Kier alpha value is -2.90. The summed E-state index contributed by atoms with van der Waals surface area (Å²) in [5.74, 6) is -1.11. The molecule has 0 aromatic heterocycles. The number of amides is 1. The van der Waals surface area contributed by atoms with E-state index < -0.39 is 11.5 Å². The Morgan fingerprint density at radius 2 is 1.78 bits per heavy atom. The Balaban J connectivity index is 1.90. The third kappa shape index (κ3) is 4.27. The third-order valence-electron chi connectivity index (χ3n) is 4.80. The van der Waals surface area contributed by atoms with E-state index >= 15 is 0 Å². The third-order valence-corrected chi connectivity index (χ3v) is 4.80. The second kappa shape index (κ2) is 7.77. The smallest absolute Gasteiger partial charge is 0.275 e. The number of nitrogens with one attached hydrogen (secondary N) is 1. The number of hydrogen-bond acceptors (Lipinski definition) is 6. The molecular formula is C20H23N3O4. The number of hydrogen-bond donors (Lipinski definition) is 4. The second-order valence-corrected chi connectivity index (χ2v) is 6.80. The van der Waals surface area contributed by atoms with Gasteiger partial charge in [0.2, 0.25) is 0 Å². The lowest BCUT2D eigenvalue weighted by Gasteiger charge is -2.37. The van der Waals surface area contributed by atoms with E-state index in [-0.39, 0.29) is 17.1 Å². The number of carbonyl (C=O) groups excluding carboxylic acids is 1. The molecule has 0 radical (unpaired) electrons. The number of phenolic OH excluding ortho intramolecular Hbond substituents is 2. The van der Waals surface area contributed by atoms with Crippen LogP contribution < -0.4 is 5.43 Å². The molecule has 0 bridgehead atoms. The summed E-state index contributed by atoms with van der Waals surface area (Å²) >= 11 is 0. The predicted octanol–water partition coefficient (Wildman–Crippen LogP) is 1.69. The molecule has 2 aromatic carbocycles. The number of hydrazone groups is 1. The average molecular weight is 369 g/mol. The maximum atomic E-state index is 12.4. The Morgan fingerprint density at radius 1 is 1.11 bits per heavy atom. The Labute approximate surface area is 157 Å². The molecule has 0 unspecified atom stereocenters. The summed E-state index contributed by atoms with van der Waals surface area (Å²) in [4.78, 5) is 14.5. The highest BCUT2D eigenvalue weighted by atomic mass is 16.3. The number of aromatic hydroxyl groups is 2. The van der Waals surface area contributed by atoms with Crippen molar-refractivity contribution in [3.63, 3.8) is 0 Å². The van der Waals surface area contributed by atoms with E-state index in [9.17, 15) is 20.1 Å². The summed E-state index contributed by atoms with van der Waals surface area (Å²) < 4.78 is 0. The number of carbonyl (C=O) groups is 1. The number of phenols is 2. The van der Waals surface area contributed by atoms with Gasteiger partial charge in [0, 0.05) is 24.7 Å². The molecule has 0 spiro atoms. The van der Waals surface area contributed by atoms with Crippen LogP contribution in [0.5, 0.6) is 11.5 Å². The molecule has 142 valence electrons. The topological polar surface area (TPSA) is 105 Å². The molecule has 0 aliphatic carbocycles. The summed E-state index contributed by atoms with van der Waals surface area (Å²) in [6, 6.07) is 12.9. The fraction of sp³-hybridized carbons (Fsp3) is 0.300. The zero-order valence-electron chi connectivity index (χ0n) is 15.1. The molecule has 1 heterocycles. The fourth-order valence-corrected chi connectivity index (χ4v) is 3.14. The first-order valence-electron chi connectivity index (χ1n) is 8.76. The van der Waals surface area contributed by atoms with E-state index in [0.717, 1.165) is 24.7 Å². The molecule has 7 nitrogen and oxygen atoms in total. The van der Waals surface area contributed by atoms with Gasteiger partial charge in [0.15, 0.2) is 0 Å². The number of likely N-dealkylation sites (tertiary alicyclic amines) is 1. The molecule has 1 aliphatic heterocycles. The number of nitrogens with zero attached hydrogens (tertiary/aromatic N) is 2. The van der Waals surface area contributed by atoms with Gasteiger partial charge in [-0.1, -0.05) is 30.3 Å². The van der Waals surface area contributed by atoms with Crippen LogP contribution in [0.2, 0.25) is 0 Å². The monoisotopic (exact) mass is 369 g/mol. The average Bonchev–Trinajstić information content (AvgIpc) is 2.65. The van der Waals surface area contributed by atoms with E-state index in [1.165, 1.54) is 12.1 Å². The number of aliphatic hydroxyl groups is 1. The summed E-state index contributed by atoms with van der Waals surface area (Å²) in [5, 5.41) is 34.6. The quantitative estimate of drug-likeness (QED) is 0.485. The summed E-state index contributed by atoms with van der Waals surface area (Å²) in [5.41, 5.74) is 2.37. The zero-order valence-corrected chi connectivity index (χ0v) is 15.1. The molecule has 27 heavy (non-hydrogen) atoms. The molecule has 3 rings (SSSR count). The SMILES string of the molecule is CN1CCC(O)(/C(=N\NC(=O)c2ccc(O)cc2O)c2ccccc2)CC1. The van der Waals surface area contributed by atoms with E-state index in [1.54, 1.807) is 0 Å². The summed E-state index contributed by atoms with van der Waals surface area (Å²) in [6.45, 7) is 1.43. The lowest BCUT2D eigenvalue weighted by atomic mass is 9.83. The zero-order chi connectivity index (χ0) is 19.4. The van der Waals surface area contributed by atoms with Crippen molar-refractivity contribution >= 4 is 11.6 Å². The van der Waals surface area contributed by atoms with E-state index in [0.29, 0.717) is 18.6 Å². The van der Waals surface area contributed by atoms with Crippen molar-refractivity contribution in [2.75, 3.05) is 20.1 Å². The summed E-state index contributed by atoms with van der Waals surface area (Å²) in [6.07, 6.45) is 0.995. The van der Waals surface area contributed by atoms with Crippen molar-refractivity contribution in [3.8, 4) is 11.5 Å².